The van der Waals surface area contributed by atoms with Crippen molar-refractivity contribution in [1.82, 2.24) is 19.9 Å². The number of nitrogens with two attached hydrogens (primary N) is 2. The van der Waals surface area contributed by atoms with Gasteiger partial charge in [0.1, 0.15) is 5.82 Å². The Morgan fingerprint density at radius 2 is 1.93 bits per heavy atom. The Labute approximate surface area is 163 Å². The molecule has 1 aromatic carbocycles. The fourth-order valence-corrected chi connectivity index (χ4v) is 3.37. The molecule has 2 aromatic rings. The number of aromatic nitrogens is 3. The summed E-state index contributed by atoms with van der Waals surface area (Å²) < 4.78 is 19.3. The van der Waals surface area contributed by atoms with E-state index in [9.17, 15) is 23.6 Å². The molecule has 29 heavy (non-hydrogen) atoms. The number of hydrogen-bond acceptors (Lipinski definition) is 7. The van der Waals surface area contributed by atoms with Gasteiger partial charge in [-0.25, -0.2) is 13.9 Å². The third-order valence-electron chi connectivity index (χ3n) is 4.62. The molecule has 3 rings (SSSR count). The first-order valence-corrected chi connectivity index (χ1v) is 8.45. The molecule has 2 atom stereocenters. The van der Waals surface area contributed by atoms with E-state index in [-0.39, 0.29) is 24.2 Å². The lowest BCUT2D eigenvalue weighted by Gasteiger charge is -2.26. The second kappa shape index (κ2) is 7.66. The molecule has 12 heteroatoms. The summed E-state index contributed by atoms with van der Waals surface area (Å²) >= 11 is 0. The number of carbonyl (C=O) groups is 4. The molecule has 1 aliphatic heterocycles. The standard InChI is InChI=1S/C17H17FN6O5/c1-29-17(28)12-10(24-13(15(20)26)11(14(19)25)21-22-24)5-6-23(12)16(27)8-3-2-4-9(18)7-8/h2-4,7,10,12H,5-6H2,1H3,(H2,19,25)(H2,20,26)/t10-,12+/m0/s1. The lowest BCUT2D eigenvalue weighted by Crippen LogP contribution is -2.45. The average molecular weight is 404 g/mol. The van der Waals surface area contributed by atoms with Gasteiger partial charge in [-0.1, -0.05) is 11.3 Å². The number of esters is 1. The predicted molar refractivity (Wildman–Crippen MR) is 94.0 cm³/mol. The van der Waals surface area contributed by atoms with Crippen molar-refractivity contribution >= 4 is 23.7 Å². The van der Waals surface area contributed by atoms with Gasteiger partial charge in [0.05, 0.1) is 13.2 Å². The first kappa shape index (κ1) is 19.9. The van der Waals surface area contributed by atoms with Gasteiger partial charge in [-0.3, -0.25) is 14.4 Å². The van der Waals surface area contributed by atoms with E-state index >= 15 is 0 Å². The zero-order chi connectivity index (χ0) is 21.3. The fraction of sp³-hybridized carbons (Fsp3) is 0.294. The summed E-state index contributed by atoms with van der Waals surface area (Å²) in [7, 11) is 1.13. The van der Waals surface area contributed by atoms with Crippen LogP contribution in [0.25, 0.3) is 0 Å². The van der Waals surface area contributed by atoms with Crippen LogP contribution in [-0.4, -0.2) is 63.3 Å². The van der Waals surface area contributed by atoms with Crippen molar-refractivity contribution in [1.29, 1.82) is 0 Å². The molecule has 11 nitrogen and oxygen atoms in total. The predicted octanol–water partition coefficient (Wildman–Crippen LogP) is -0.756. The zero-order valence-corrected chi connectivity index (χ0v) is 15.2. The molecule has 1 aliphatic rings. The maximum atomic E-state index is 13.5. The third-order valence-corrected chi connectivity index (χ3v) is 4.62. The fourth-order valence-electron chi connectivity index (χ4n) is 3.37. The Kier molecular flexibility index (Phi) is 5.26. The first-order chi connectivity index (χ1) is 13.8. The van der Waals surface area contributed by atoms with Crippen molar-refractivity contribution in [2.45, 2.75) is 18.5 Å². The first-order valence-electron chi connectivity index (χ1n) is 8.45. The van der Waals surface area contributed by atoms with Crippen LogP contribution in [0.4, 0.5) is 4.39 Å². The zero-order valence-electron chi connectivity index (χ0n) is 15.2. The van der Waals surface area contributed by atoms with Crippen LogP contribution in [0.15, 0.2) is 24.3 Å². The topological polar surface area (TPSA) is 164 Å². The second-order valence-electron chi connectivity index (χ2n) is 6.29. The van der Waals surface area contributed by atoms with Gasteiger partial charge in [-0.15, -0.1) is 5.10 Å². The van der Waals surface area contributed by atoms with Crippen molar-refractivity contribution in [2.24, 2.45) is 11.5 Å². The molecule has 0 spiro atoms. The average Bonchev–Trinajstić information content (AvgIpc) is 3.31. The van der Waals surface area contributed by atoms with E-state index in [1.807, 2.05) is 0 Å². The molecule has 0 unspecified atom stereocenters. The van der Waals surface area contributed by atoms with Gasteiger partial charge >= 0.3 is 5.97 Å². The summed E-state index contributed by atoms with van der Waals surface area (Å²) in [6, 6.07) is 2.88. The monoisotopic (exact) mass is 404 g/mol. The summed E-state index contributed by atoms with van der Waals surface area (Å²) in [5.74, 6) is -4.06. The largest absolute Gasteiger partial charge is 0.467 e. The summed E-state index contributed by atoms with van der Waals surface area (Å²) in [5.41, 5.74) is 9.74. The number of methoxy groups -OCH3 is 1. The molecule has 152 valence electrons. The van der Waals surface area contributed by atoms with Crippen LogP contribution in [0.2, 0.25) is 0 Å². The molecule has 1 aromatic heterocycles. The third kappa shape index (κ3) is 3.51. The molecule has 0 bridgehead atoms. The number of ether oxygens (including phenoxy) is 1. The lowest BCUT2D eigenvalue weighted by atomic mass is 10.1. The van der Waals surface area contributed by atoms with Crippen molar-refractivity contribution in [3.05, 3.63) is 47.0 Å². The number of benzene rings is 1. The van der Waals surface area contributed by atoms with Gasteiger partial charge in [0.25, 0.3) is 17.7 Å². The molecule has 0 aliphatic carbocycles. The minimum absolute atomic E-state index is 0.0334. The molecule has 4 N–H and O–H groups in total. The van der Waals surface area contributed by atoms with Crippen LogP contribution >= 0.6 is 0 Å². The molecular weight excluding hydrogens is 387 g/mol. The Morgan fingerprint density at radius 3 is 2.52 bits per heavy atom. The van der Waals surface area contributed by atoms with E-state index in [2.05, 4.69) is 10.3 Å². The van der Waals surface area contributed by atoms with E-state index in [1.54, 1.807) is 0 Å². The summed E-state index contributed by atoms with van der Waals surface area (Å²) in [6.45, 7) is 0.0732. The van der Waals surface area contributed by atoms with E-state index < -0.39 is 47.3 Å². The van der Waals surface area contributed by atoms with E-state index in [1.165, 1.54) is 23.1 Å². The Bertz CT molecular complexity index is 1010. The summed E-state index contributed by atoms with van der Waals surface area (Å²) in [4.78, 5) is 49.9. The van der Waals surface area contributed by atoms with Crippen molar-refractivity contribution in [3.8, 4) is 0 Å². The maximum absolute atomic E-state index is 13.5. The van der Waals surface area contributed by atoms with Crippen LogP contribution in [0.5, 0.6) is 0 Å². The second-order valence-corrected chi connectivity index (χ2v) is 6.29. The quantitative estimate of drug-likeness (QED) is 0.619. The van der Waals surface area contributed by atoms with Gasteiger partial charge in [-0.2, -0.15) is 0 Å². The Balaban J connectivity index is 2.04. The number of amides is 3. The highest BCUT2D eigenvalue weighted by Gasteiger charge is 2.46. The maximum Gasteiger partial charge on any atom is 0.330 e. The molecule has 0 saturated carbocycles. The van der Waals surface area contributed by atoms with Gasteiger partial charge in [-0.05, 0) is 24.6 Å². The molecule has 3 amide bonds. The van der Waals surface area contributed by atoms with Gasteiger partial charge in [0.2, 0.25) is 0 Å². The number of nitrogens with zero attached hydrogens (tertiary/aromatic N) is 4. The molecule has 0 radical (unpaired) electrons. The highest BCUT2D eigenvalue weighted by molar-refractivity contribution is 6.03. The molecule has 2 heterocycles. The SMILES string of the molecule is COC(=O)[C@H]1[C@@H](n2nnc(C(N)=O)c2C(N)=O)CCN1C(=O)c1cccc(F)c1. The van der Waals surface area contributed by atoms with E-state index in [0.717, 1.165) is 17.9 Å². The Hall–Kier alpha value is -3.83. The summed E-state index contributed by atoms with van der Waals surface area (Å²) in [5, 5.41) is 7.32. The minimum atomic E-state index is -1.21. The number of rotatable bonds is 5. The van der Waals surface area contributed by atoms with E-state index in [0.29, 0.717) is 0 Å². The number of likely N-dealkylation sites (tertiary alicyclic amines) is 1. The Morgan fingerprint density at radius 1 is 1.21 bits per heavy atom. The number of carbonyl (C=O) groups excluding carboxylic acids is 4. The summed E-state index contributed by atoms with van der Waals surface area (Å²) in [6.07, 6.45) is 0.169. The molecule has 1 saturated heterocycles. The van der Waals surface area contributed by atoms with Crippen LogP contribution in [-0.2, 0) is 9.53 Å². The van der Waals surface area contributed by atoms with Crippen LogP contribution in [0.3, 0.4) is 0 Å². The highest BCUT2D eigenvalue weighted by atomic mass is 19.1. The van der Waals surface area contributed by atoms with Crippen molar-refractivity contribution in [3.63, 3.8) is 0 Å². The van der Waals surface area contributed by atoms with Crippen LogP contribution in [0, 0.1) is 5.82 Å². The number of hydrogen-bond donors (Lipinski definition) is 2. The highest BCUT2D eigenvalue weighted by Crippen LogP contribution is 2.32. The molecule has 1 fully saturated rings. The van der Waals surface area contributed by atoms with E-state index in [4.69, 9.17) is 16.2 Å². The number of primary amides is 2. The van der Waals surface area contributed by atoms with Gasteiger partial charge < -0.3 is 21.1 Å². The smallest absolute Gasteiger partial charge is 0.330 e. The van der Waals surface area contributed by atoms with Crippen LogP contribution < -0.4 is 11.5 Å². The lowest BCUT2D eigenvalue weighted by molar-refractivity contribution is -0.146. The van der Waals surface area contributed by atoms with Gasteiger partial charge in [0.15, 0.2) is 17.4 Å². The van der Waals surface area contributed by atoms with Crippen molar-refractivity contribution < 1.29 is 28.3 Å². The van der Waals surface area contributed by atoms with Crippen LogP contribution in [0.1, 0.15) is 43.8 Å². The number of halogens is 1. The molecular formula is C17H17FN6O5. The normalized spacial score (nSPS) is 18.5. The van der Waals surface area contributed by atoms with Gasteiger partial charge in [0, 0.05) is 12.1 Å². The minimum Gasteiger partial charge on any atom is -0.467 e. The van der Waals surface area contributed by atoms with Crippen molar-refractivity contribution in [2.75, 3.05) is 13.7 Å².